The van der Waals surface area contributed by atoms with Crippen LogP contribution in [0.2, 0.25) is 0 Å². The zero-order chi connectivity index (χ0) is 14.8. The molecule has 2 nitrogen and oxygen atoms in total. The molecule has 0 saturated carbocycles. The minimum absolute atomic E-state index is 1.30. The van der Waals surface area contributed by atoms with Crippen LogP contribution in [0.25, 0.3) is 32.6 Å². The molecule has 3 aromatic carbocycles. The average molecular weight is 289 g/mol. The number of para-hydroxylation sites is 1. The van der Waals surface area contributed by atoms with Crippen molar-refractivity contribution in [2.24, 2.45) is 11.3 Å². The second-order valence-electron chi connectivity index (χ2n) is 4.87. The van der Waals surface area contributed by atoms with Crippen molar-refractivity contribution in [2.45, 2.75) is 0 Å². The average Bonchev–Trinajstić information content (AvgIpc) is 2.82. The molecule has 0 fully saturated rings. The van der Waals surface area contributed by atoms with E-state index in [1.807, 2.05) is 0 Å². The van der Waals surface area contributed by atoms with Gasteiger partial charge < -0.3 is 4.57 Å². The molecule has 0 bridgehead atoms. The van der Waals surface area contributed by atoms with Crippen molar-refractivity contribution >= 4 is 53.0 Å². The zero-order valence-corrected chi connectivity index (χ0v) is 12.6. The Balaban J connectivity index is 0.000000409. The predicted molar refractivity (Wildman–Crippen MR) is 95.1 cm³/mol. The monoisotopic (exact) mass is 289 g/mol. The number of thiol groups is 1. The molecule has 101 valence electrons. The summed E-state index contributed by atoms with van der Waals surface area (Å²) in [4.78, 5) is 0. The van der Waals surface area contributed by atoms with E-state index < -0.39 is 0 Å². The van der Waals surface area contributed by atoms with Crippen molar-refractivity contribution in [1.82, 2.24) is 4.57 Å². The molecule has 1 radical (unpaired) electrons. The summed E-state index contributed by atoms with van der Waals surface area (Å²) in [5, 5.41) is 5.30. The van der Waals surface area contributed by atoms with E-state index in [0.29, 0.717) is 0 Å². The molecule has 4 aromatic rings. The number of fused-ring (bicyclic) bond motifs is 5. The Labute approximate surface area is 130 Å². The van der Waals surface area contributed by atoms with E-state index >= 15 is 0 Å². The van der Waals surface area contributed by atoms with Crippen LogP contribution in [0.4, 0.5) is 0 Å². The van der Waals surface area contributed by atoms with E-state index in [-0.39, 0.29) is 0 Å². The second kappa shape index (κ2) is 5.74. The van der Waals surface area contributed by atoms with Crippen LogP contribution in [0.1, 0.15) is 0 Å². The SMILES string of the molecule is Cn1c2ccccc2c2ccc3ccccc3c21.[B]=NS. The van der Waals surface area contributed by atoms with Gasteiger partial charge in [-0.05, 0) is 11.5 Å². The van der Waals surface area contributed by atoms with E-state index in [9.17, 15) is 0 Å². The fraction of sp³-hybridized carbons (Fsp3) is 0.0588. The van der Waals surface area contributed by atoms with Gasteiger partial charge in [0.15, 0.2) is 0 Å². The van der Waals surface area contributed by atoms with Gasteiger partial charge in [-0.15, -0.1) is 0 Å². The maximum atomic E-state index is 4.34. The van der Waals surface area contributed by atoms with Gasteiger partial charge in [0.05, 0.1) is 5.52 Å². The maximum absolute atomic E-state index is 4.34. The fourth-order valence-corrected chi connectivity index (χ4v) is 2.95. The number of aromatic nitrogens is 1. The summed E-state index contributed by atoms with van der Waals surface area (Å²) >= 11 is 3.19. The molecule has 1 aromatic heterocycles. The molecule has 0 aliphatic heterocycles. The van der Waals surface area contributed by atoms with Gasteiger partial charge in [-0.3, -0.25) is 0 Å². The third-order valence-corrected chi connectivity index (χ3v) is 3.79. The number of benzene rings is 3. The molecule has 0 amide bonds. The standard InChI is InChI=1S/C17H13N.BHNS/c1-18-16-9-5-4-8-14(16)15-11-10-12-6-2-3-7-13(12)17(15)18;1-2-3/h2-11H,1H3;3H. The van der Waals surface area contributed by atoms with Crippen LogP contribution in [-0.2, 0) is 7.05 Å². The van der Waals surface area contributed by atoms with Crippen molar-refractivity contribution in [2.75, 3.05) is 0 Å². The van der Waals surface area contributed by atoms with Gasteiger partial charge in [-0.2, -0.15) is 0 Å². The number of hydrogen-bond donors (Lipinski definition) is 1. The van der Waals surface area contributed by atoms with Gasteiger partial charge in [0.25, 0.3) is 0 Å². The van der Waals surface area contributed by atoms with Gasteiger partial charge >= 0.3 is 24.8 Å². The third kappa shape index (κ3) is 2.26. The van der Waals surface area contributed by atoms with Gasteiger partial charge in [0.1, 0.15) is 0 Å². The van der Waals surface area contributed by atoms with Crippen LogP contribution in [-0.4, -0.2) is 12.2 Å². The molecule has 0 N–H and O–H groups in total. The van der Waals surface area contributed by atoms with E-state index in [0.717, 1.165) is 0 Å². The summed E-state index contributed by atoms with van der Waals surface area (Å²) in [5.41, 5.74) is 2.62. The van der Waals surface area contributed by atoms with E-state index in [4.69, 9.17) is 0 Å². The van der Waals surface area contributed by atoms with Crippen LogP contribution >= 0.6 is 12.8 Å². The molecule has 21 heavy (non-hydrogen) atoms. The first-order chi connectivity index (χ1) is 10.3. The van der Waals surface area contributed by atoms with Crippen LogP contribution in [0.3, 0.4) is 0 Å². The van der Waals surface area contributed by atoms with E-state index in [1.54, 1.807) is 0 Å². The molecule has 0 aliphatic rings. The summed E-state index contributed by atoms with van der Waals surface area (Å²) in [6.07, 6.45) is 0. The van der Waals surface area contributed by atoms with Gasteiger partial charge in [0.2, 0.25) is 0 Å². The summed E-state index contributed by atoms with van der Waals surface area (Å²) < 4.78 is 4.99. The molecule has 1 heterocycles. The molecule has 0 spiro atoms. The van der Waals surface area contributed by atoms with Crippen LogP contribution in [0.15, 0.2) is 65.0 Å². The second-order valence-corrected chi connectivity index (χ2v) is 5.11. The van der Waals surface area contributed by atoms with E-state index in [2.05, 4.69) is 97.0 Å². The zero-order valence-electron chi connectivity index (χ0n) is 11.7. The quantitative estimate of drug-likeness (QED) is 0.358. The first kappa shape index (κ1) is 13.9. The first-order valence-corrected chi connectivity index (χ1v) is 7.07. The Morgan fingerprint density at radius 2 is 1.48 bits per heavy atom. The summed E-state index contributed by atoms with van der Waals surface area (Å²) in [7, 11) is 6.49. The number of nitrogens with zero attached hydrogens (tertiary/aromatic N) is 2. The van der Waals surface area contributed by atoms with Crippen LogP contribution in [0, 0.1) is 0 Å². The minimum atomic E-state index is 1.30. The molecule has 4 rings (SSSR count). The van der Waals surface area contributed by atoms with Crippen molar-refractivity contribution < 1.29 is 0 Å². The van der Waals surface area contributed by atoms with Crippen molar-refractivity contribution in [3.05, 3.63) is 60.7 Å². The van der Waals surface area contributed by atoms with Gasteiger partial charge in [0, 0.05) is 28.7 Å². The number of rotatable bonds is 0. The molecule has 0 atom stereocenters. The molecular formula is C17H14BN2S. The third-order valence-electron chi connectivity index (χ3n) is 3.79. The predicted octanol–water partition coefficient (Wildman–Crippen LogP) is 4.67. The van der Waals surface area contributed by atoms with Gasteiger partial charge in [-0.1, -0.05) is 54.6 Å². The molecule has 4 heteroatoms. The Kier molecular flexibility index (Phi) is 3.80. The normalized spacial score (nSPS) is 10.5. The number of hydrogen-bond acceptors (Lipinski definition) is 2. The summed E-state index contributed by atoms with van der Waals surface area (Å²) in [6, 6.07) is 21.6. The Morgan fingerprint density at radius 1 is 0.857 bits per heavy atom. The van der Waals surface area contributed by atoms with Gasteiger partial charge in [-0.25, -0.2) is 0 Å². The van der Waals surface area contributed by atoms with Crippen LogP contribution < -0.4 is 0 Å². The van der Waals surface area contributed by atoms with Crippen molar-refractivity contribution in [1.29, 1.82) is 0 Å². The van der Waals surface area contributed by atoms with Crippen molar-refractivity contribution in [3.8, 4) is 0 Å². The molecule has 0 saturated heterocycles. The summed E-state index contributed by atoms with van der Waals surface area (Å²) in [6.45, 7) is 0. The fourth-order valence-electron chi connectivity index (χ4n) is 2.95. The van der Waals surface area contributed by atoms with Crippen LogP contribution in [0.5, 0.6) is 0 Å². The number of aryl methyl sites for hydroxylation is 1. The Morgan fingerprint density at radius 3 is 2.24 bits per heavy atom. The Bertz CT molecular complexity index is 943. The van der Waals surface area contributed by atoms with E-state index in [1.165, 1.54) is 32.6 Å². The molecule has 0 unspecified atom stereocenters. The topological polar surface area (TPSA) is 17.3 Å². The Hall–Kier alpha value is -2.07. The molecular weight excluding hydrogens is 275 g/mol. The molecule has 0 aliphatic carbocycles. The first-order valence-electron chi connectivity index (χ1n) is 6.67. The van der Waals surface area contributed by atoms with Crippen molar-refractivity contribution in [3.63, 3.8) is 0 Å². The summed E-state index contributed by atoms with van der Waals surface area (Å²) in [5.74, 6) is 0.